The molecule has 2 aromatic rings. The molecule has 0 aliphatic rings. The van der Waals surface area contributed by atoms with Crippen LogP contribution in [-0.2, 0) is 12.8 Å². The first kappa shape index (κ1) is 14.9. The quantitative estimate of drug-likeness (QED) is 0.943. The van der Waals surface area contributed by atoms with Gasteiger partial charge in [0.05, 0.1) is 5.02 Å². The zero-order chi connectivity index (χ0) is 14.7. The lowest BCUT2D eigenvalue weighted by Gasteiger charge is -2.10. The second kappa shape index (κ2) is 6.29. The Morgan fingerprint density at radius 3 is 2.45 bits per heavy atom. The van der Waals surface area contributed by atoms with Gasteiger partial charge >= 0.3 is 0 Å². The first-order valence-electron chi connectivity index (χ1n) is 6.49. The van der Waals surface area contributed by atoms with E-state index in [1.165, 1.54) is 6.07 Å². The van der Waals surface area contributed by atoms with Crippen molar-refractivity contribution in [1.82, 2.24) is 9.97 Å². The molecule has 2 rings (SSSR count). The summed E-state index contributed by atoms with van der Waals surface area (Å²) in [5.41, 5.74) is 8.96. The number of halogens is 2. The summed E-state index contributed by atoms with van der Waals surface area (Å²) < 4.78 is 13.9. The summed E-state index contributed by atoms with van der Waals surface area (Å²) in [6.45, 7) is 4.42. The fraction of sp³-hybridized carbons (Fsp3) is 0.333. The van der Waals surface area contributed by atoms with Gasteiger partial charge in [0.25, 0.3) is 0 Å². The fourth-order valence-electron chi connectivity index (χ4n) is 2.25. The summed E-state index contributed by atoms with van der Waals surface area (Å²) in [6, 6.07) is 4.95. The predicted molar refractivity (Wildman–Crippen MR) is 78.5 cm³/mol. The highest BCUT2D eigenvalue weighted by molar-refractivity contribution is 6.30. The van der Waals surface area contributed by atoms with Gasteiger partial charge in [-0.1, -0.05) is 23.7 Å². The summed E-state index contributed by atoms with van der Waals surface area (Å²) in [7, 11) is 0. The standard InChI is InChI=1S/C15H17ClFN3/c1-9-12(6-7-18)10(2)20-14(19-9)8-11-4-3-5-13(16)15(11)17/h3-5H,6-8,18H2,1-2H3. The highest BCUT2D eigenvalue weighted by atomic mass is 35.5. The van der Waals surface area contributed by atoms with Gasteiger partial charge in [-0.15, -0.1) is 0 Å². The van der Waals surface area contributed by atoms with Crippen molar-refractivity contribution < 1.29 is 4.39 Å². The molecule has 3 nitrogen and oxygen atoms in total. The van der Waals surface area contributed by atoms with Crippen molar-refractivity contribution in [3.8, 4) is 0 Å². The number of rotatable bonds is 4. The highest BCUT2D eigenvalue weighted by Gasteiger charge is 2.11. The third-order valence-corrected chi connectivity index (χ3v) is 3.53. The van der Waals surface area contributed by atoms with Gasteiger partial charge in [-0.2, -0.15) is 0 Å². The van der Waals surface area contributed by atoms with Crippen LogP contribution in [0.3, 0.4) is 0 Å². The van der Waals surface area contributed by atoms with Crippen molar-refractivity contribution in [1.29, 1.82) is 0 Å². The van der Waals surface area contributed by atoms with E-state index in [-0.39, 0.29) is 5.02 Å². The van der Waals surface area contributed by atoms with E-state index >= 15 is 0 Å². The van der Waals surface area contributed by atoms with Crippen molar-refractivity contribution in [2.75, 3.05) is 6.54 Å². The average Bonchev–Trinajstić information content (AvgIpc) is 2.39. The Morgan fingerprint density at radius 1 is 1.20 bits per heavy atom. The molecule has 0 bridgehead atoms. The molecule has 0 aliphatic carbocycles. The summed E-state index contributed by atoms with van der Waals surface area (Å²) in [5.74, 6) is 0.195. The number of hydrogen-bond donors (Lipinski definition) is 1. The van der Waals surface area contributed by atoms with E-state index in [0.717, 1.165) is 23.4 Å². The summed E-state index contributed by atoms with van der Waals surface area (Å²) in [4.78, 5) is 8.88. The van der Waals surface area contributed by atoms with Crippen molar-refractivity contribution in [2.24, 2.45) is 5.73 Å². The van der Waals surface area contributed by atoms with E-state index in [2.05, 4.69) is 9.97 Å². The maximum absolute atomic E-state index is 13.9. The van der Waals surface area contributed by atoms with Crippen LogP contribution >= 0.6 is 11.6 Å². The minimum Gasteiger partial charge on any atom is -0.330 e. The Hall–Kier alpha value is -1.52. The number of hydrogen-bond acceptors (Lipinski definition) is 3. The lowest BCUT2D eigenvalue weighted by atomic mass is 10.1. The maximum atomic E-state index is 13.9. The monoisotopic (exact) mass is 293 g/mol. The molecular weight excluding hydrogens is 277 g/mol. The van der Waals surface area contributed by atoms with Crippen molar-refractivity contribution >= 4 is 11.6 Å². The molecule has 0 spiro atoms. The number of aromatic nitrogens is 2. The normalized spacial score (nSPS) is 10.8. The van der Waals surface area contributed by atoms with Crippen molar-refractivity contribution in [3.05, 3.63) is 57.4 Å². The van der Waals surface area contributed by atoms with Crippen LogP contribution in [-0.4, -0.2) is 16.5 Å². The average molecular weight is 294 g/mol. The highest BCUT2D eigenvalue weighted by Crippen LogP contribution is 2.20. The van der Waals surface area contributed by atoms with Crippen LogP contribution in [0.25, 0.3) is 0 Å². The predicted octanol–water partition coefficient (Wildman–Crippen LogP) is 2.98. The largest absolute Gasteiger partial charge is 0.330 e. The van der Waals surface area contributed by atoms with Gasteiger partial charge in [0.1, 0.15) is 11.6 Å². The first-order valence-corrected chi connectivity index (χ1v) is 6.86. The van der Waals surface area contributed by atoms with Crippen molar-refractivity contribution in [3.63, 3.8) is 0 Å². The second-order valence-electron chi connectivity index (χ2n) is 4.72. The molecule has 0 atom stereocenters. The number of nitrogens with two attached hydrogens (primary N) is 1. The fourth-order valence-corrected chi connectivity index (χ4v) is 2.44. The van der Waals surface area contributed by atoms with Gasteiger partial charge in [-0.05, 0) is 44.0 Å². The molecule has 106 valence electrons. The molecule has 5 heteroatoms. The lowest BCUT2D eigenvalue weighted by Crippen LogP contribution is -2.11. The van der Waals surface area contributed by atoms with E-state index < -0.39 is 5.82 Å². The van der Waals surface area contributed by atoms with E-state index in [0.29, 0.717) is 24.4 Å². The number of nitrogens with zero attached hydrogens (tertiary/aromatic N) is 2. The molecule has 0 radical (unpaired) electrons. The lowest BCUT2D eigenvalue weighted by molar-refractivity contribution is 0.612. The Balaban J connectivity index is 2.33. The van der Waals surface area contributed by atoms with E-state index in [1.54, 1.807) is 12.1 Å². The Morgan fingerprint density at radius 2 is 1.85 bits per heavy atom. The molecule has 0 saturated carbocycles. The van der Waals surface area contributed by atoms with Crippen LogP contribution in [0.1, 0.15) is 28.3 Å². The molecule has 1 aromatic carbocycles. The molecular formula is C15H17ClFN3. The molecule has 0 amide bonds. The minimum absolute atomic E-state index is 0.121. The van der Waals surface area contributed by atoms with Crippen LogP contribution in [0.2, 0.25) is 5.02 Å². The molecule has 20 heavy (non-hydrogen) atoms. The Bertz CT molecular complexity index is 606. The van der Waals surface area contributed by atoms with Crippen LogP contribution < -0.4 is 5.73 Å². The van der Waals surface area contributed by atoms with Crippen LogP contribution in [0.15, 0.2) is 18.2 Å². The molecule has 1 aromatic heterocycles. The molecule has 0 fully saturated rings. The SMILES string of the molecule is Cc1nc(Cc2cccc(Cl)c2F)nc(C)c1CCN. The topological polar surface area (TPSA) is 51.8 Å². The van der Waals surface area contributed by atoms with Gasteiger partial charge in [0.2, 0.25) is 0 Å². The van der Waals surface area contributed by atoms with Gasteiger partial charge in [-0.3, -0.25) is 0 Å². The van der Waals surface area contributed by atoms with Gasteiger partial charge in [-0.25, -0.2) is 14.4 Å². The zero-order valence-corrected chi connectivity index (χ0v) is 12.3. The Labute approximate surface area is 123 Å². The van der Waals surface area contributed by atoms with Crippen LogP contribution in [0.5, 0.6) is 0 Å². The first-order chi connectivity index (χ1) is 9.52. The Kier molecular flexibility index (Phi) is 4.68. The van der Waals surface area contributed by atoms with Crippen LogP contribution in [0, 0.1) is 19.7 Å². The molecule has 0 aliphatic heterocycles. The smallest absolute Gasteiger partial charge is 0.145 e. The third kappa shape index (κ3) is 3.14. The van der Waals surface area contributed by atoms with E-state index in [1.807, 2.05) is 13.8 Å². The summed E-state index contributed by atoms with van der Waals surface area (Å²) >= 11 is 5.78. The molecule has 1 heterocycles. The van der Waals surface area contributed by atoms with E-state index in [9.17, 15) is 4.39 Å². The summed E-state index contributed by atoms with van der Waals surface area (Å²) in [5, 5.41) is 0.121. The number of aryl methyl sites for hydroxylation is 2. The molecule has 2 N–H and O–H groups in total. The molecule has 0 unspecified atom stereocenters. The number of benzene rings is 1. The second-order valence-corrected chi connectivity index (χ2v) is 5.12. The van der Waals surface area contributed by atoms with Gasteiger partial charge < -0.3 is 5.73 Å². The minimum atomic E-state index is -0.404. The van der Waals surface area contributed by atoms with Gasteiger partial charge in [0, 0.05) is 17.8 Å². The van der Waals surface area contributed by atoms with Gasteiger partial charge in [0.15, 0.2) is 0 Å². The van der Waals surface area contributed by atoms with E-state index in [4.69, 9.17) is 17.3 Å². The van der Waals surface area contributed by atoms with Crippen molar-refractivity contribution in [2.45, 2.75) is 26.7 Å². The maximum Gasteiger partial charge on any atom is 0.145 e. The summed E-state index contributed by atoms with van der Waals surface area (Å²) in [6.07, 6.45) is 1.08. The zero-order valence-electron chi connectivity index (χ0n) is 11.6. The molecule has 0 saturated heterocycles. The van der Waals surface area contributed by atoms with Crippen LogP contribution in [0.4, 0.5) is 4.39 Å². The third-order valence-electron chi connectivity index (χ3n) is 3.24.